The summed E-state index contributed by atoms with van der Waals surface area (Å²) < 4.78 is 17.7. The molecule has 1 aromatic heterocycles. The van der Waals surface area contributed by atoms with Gasteiger partial charge >= 0.3 is 5.97 Å². The van der Waals surface area contributed by atoms with Crippen LogP contribution in [0.15, 0.2) is 42.7 Å². The van der Waals surface area contributed by atoms with Gasteiger partial charge < -0.3 is 10.1 Å². The molecule has 6 nitrogen and oxygen atoms in total. The molecule has 0 spiro atoms. The van der Waals surface area contributed by atoms with Crippen LogP contribution in [0.3, 0.4) is 0 Å². The lowest BCUT2D eigenvalue weighted by Crippen LogP contribution is -2.43. The molecule has 0 aliphatic heterocycles. The van der Waals surface area contributed by atoms with Crippen molar-refractivity contribution in [3.63, 3.8) is 0 Å². The highest BCUT2D eigenvalue weighted by Gasteiger charge is 2.22. The van der Waals surface area contributed by atoms with Gasteiger partial charge in [0, 0.05) is 18.8 Å². The molecule has 1 N–H and O–H groups in total. The summed E-state index contributed by atoms with van der Waals surface area (Å²) in [6.45, 7) is 0. The Bertz CT molecular complexity index is 800. The lowest BCUT2D eigenvalue weighted by molar-refractivity contribution is -0.145. The van der Waals surface area contributed by atoms with Crippen molar-refractivity contribution < 1.29 is 18.7 Å². The number of hydrogen-bond donors (Lipinski definition) is 1. The van der Waals surface area contributed by atoms with Crippen LogP contribution in [0.4, 0.5) is 4.39 Å². The third kappa shape index (κ3) is 5.39. The quantitative estimate of drug-likeness (QED) is 0.805. The second-order valence-electron chi connectivity index (χ2n) is 5.34. The number of ether oxygens (including phenoxy) is 1. The number of nitrogens with one attached hydrogen (secondary N) is 1. The van der Waals surface area contributed by atoms with Crippen LogP contribution in [0.1, 0.15) is 16.7 Å². The molecule has 128 valence electrons. The number of hydrogen-bond acceptors (Lipinski definition) is 5. The lowest BCUT2D eigenvalue weighted by Gasteiger charge is -2.16. The summed E-state index contributed by atoms with van der Waals surface area (Å²) in [5.41, 5.74) is 1.59. The number of benzene rings is 1. The van der Waals surface area contributed by atoms with Gasteiger partial charge in [0.1, 0.15) is 17.9 Å². The van der Waals surface area contributed by atoms with Crippen molar-refractivity contribution in [1.82, 2.24) is 10.3 Å². The number of nitrogens with zero attached hydrogens (tertiary/aromatic N) is 2. The Morgan fingerprint density at radius 2 is 2.00 bits per heavy atom. The highest BCUT2D eigenvalue weighted by molar-refractivity contribution is 5.85. The third-order valence-electron chi connectivity index (χ3n) is 3.46. The number of methoxy groups -OCH3 is 1. The average molecular weight is 341 g/mol. The zero-order valence-electron chi connectivity index (χ0n) is 13.5. The van der Waals surface area contributed by atoms with Gasteiger partial charge in [0.15, 0.2) is 0 Å². The van der Waals surface area contributed by atoms with Gasteiger partial charge in [0.25, 0.3) is 0 Å². The van der Waals surface area contributed by atoms with Crippen molar-refractivity contribution in [2.45, 2.75) is 18.9 Å². The topological polar surface area (TPSA) is 92.1 Å². The van der Waals surface area contributed by atoms with Crippen molar-refractivity contribution >= 4 is 11.9 Å². The van der Waals surface area contributed by atoms with Crippen LogP contribution in [0.5, 0.6) is 0 Å². The van der Waals surface area contributed by atoms with Gasteiger partial charge in [-0.15, -0.1) is 0 Å². The van der Waals surface area contributed by atoms with E-state index >= 15 is 0 Å². The Labute approximate surface area is 144 Å². The van der Waals surface area contributed by atoms with E-state index in [1.54, 1.807) is 6.07 Å². The van der Waals surface area contributed by atoms with Crippen LogP contribution in [-0.2, 0) is 27.2 Å². The summed E-state index contributed by atoms with van der Waals surface area (Å²) in [7, 11) is 1.23. The van der Waals surface area contributed by atoms with Gasteiger partial charge in [-0.05, 0) is 29.3 Å². The number of halogens is 1. The number of carbonyl (C=O) groups excluding carboxylic acids is 2. The van der Waals surface area contributed by atoms with E-state index < -0.39 is 17.9 Å². The first kappa shape index (κ1) is 18.1. The van der Waals surface area contributed by atoms with E-state index in [2.05, 4.69) is 10.3 Å². The Kier molecular flexibility index (Phi) is 6.18. The first-order chi connectivity index (χ1) is 12.0. The van der Waals surface area contributed by atoms with E-state index in [0.29, 0.717) is 16.7 Å². The predicted molar refractivity (Wildman–Crippen MR) is 86.7 cm³/mol. The molecule has 0 aliphatic rings. The van der Waals surface area contributed by atoms with E-state index in [0.717, 1.165) is 0 Å². The summed E-state index contributed by atoms with van der Waals surface area (Å²) in [5, 5.41) is 11.5. The van der Waals surface area contributed by atoms with Gasteiger partial charge in [-0.1, -0.05) is 12.1 Å². The number of pyridine rings is 1. The van der Waals surface area contributed by atoms with E-state index in [9.17, 15) is 14.0 Å². The fourth-order valence-corrected chi connectivity index (χ4v) is 2.27. The third-order valence-corrected chi connectivity index (χ3v) is 3.46. The van der Waals surface area contributed by atoms with Crippen LogP contribution in [0.25, 0.3) is 0 Å². The molecule has 1 aromatic carbocycles. The molecule has 2 rings (SSSR count). The molecule has 1 atom stereocenters. The second-order valence-corrected chi connectivity index (χ2v) is 5.34. The molecule has 0 saturated carbocycles. The first-order valence-corrected chi connectivity index (χ1v) is 7.47. The number of nitriles is 1. The zero-order valence-corrected chi connectivity index (χ0v) is 13.5. The van der Waals surface area contributed by atoms with Crippen molar-refractivity contribution in [2.24, 2.45) is 0 Å². The first-order valence-electron chi connectivity index (χ1n) is 7.47. The number of carbonyl (C=O) groups is 2. The SMILES string of the molecule is COC(=O)C(Cc1ccc(F)cc1)NC(=O)Cc1cncc(C#N)c1. The van der Waals surface area contributed by atoms with Crippen molar-refractivity contribution in [3.05, 3.63) is 65.2 Å². The van der Waals surface area contributed by atoms with E-state index in [4.69, 9.17) is 10.00 Å². The lowest BCUT2D eigenvalue weighted by atomic mass is 10.1. The van der Waals surface area contributed by atoms with Gasteiger partial charge in [-0.2, -0.15) is 5.26 Å². The maximum Gasteiger partial charge on any atom is 0.328 e. The highest BCUT2D eigenvalue weighted by Crippen LogP contribution is 2.08. The minimum absolute atomic E-state index is 0.0283. The molecule has 7 heteroatoms. The van der Waals surface area contributed by atoms with Crippen LogP contribution in [-0.4, -0.2) is 30.0 Å². The van der Waals surface area contributed by atoms with Crippen LogP contribution in [0.2, 0.25) is 0 Å². The second kappa shape index (κ2) is 8.55. The zero-order chi connectivity index (χ0) is 18.2. The fourth-order valence-electron chi connectivity index (χ4n) is 2.27. The average Bonchev–Trinajstić information content (AvgIpc) is 2.62. The highest BCUT2D eigenvalue weighted by atomic mass is 19.1. The molecule has 0 fully saturated rings. The number of esters is 1. The summed E-state index contributed by atoms with van der Waals surface area (Å²) >= 11 is 0. The maximum absolute atomic E-state index is 13.0. The number of aromatic nitrogens is 1. The Morgan fingerprint density at radius 3 is 2.64 bits per heavy atom. The summed E-state index contributed by atoms with van der Waals surface area (Å²) in [6, 6.07) is 8.25. The fraction of sp³-hybridized carbons (Fsp3) is 0.222. The minimum Gasteiger partial charge on any atom is -0.467 e. The summed E-state index contributed by atoms with van der Waals surface area (Å²) in [4.78, 5) is 28.0. The molecular formula is C18H16FN3O3. The summed E-state index contributed by atoms with van der Waals surface area (Å²) in [5.74, 6) is -1.39. The van der Waals surface area contributed by atoms with E-state index in [-0.39, 0.29) is 18.7 Å². The molecule has 0 radical (unpaired) electrons. The largest absolute Gasteiger partial charge is 0.467 e. The predicted octanol–water partition coefficient (Wildman–Crippen LogP) is 1.54. The molecule has 0 aliphatic carbocycles. The molecule has 1 amide bonds. The maximum atomic E-state index is 13.0. The van der Waals surface area contributed by atoms with Gasteiger partial charge in [-0.3, -0.25) is 9.78 Å². The molecule has 25 heavy (non-hydrogen) atoms. The van der Waals surface area contributed by atoms with E-state index in [1.165, 1.54) is 43.8 Å². The minimum atomic E-state index is -0.893. The number of rotatable bonds is 6. The Morgan fingerprint density at radius 1 is 1.28 bits per heavy atom. The van der Waals surface area contributed by atoms with Gasteiger partial charge in [0.05, 0.1) is 19.1 Å². The van der Waals surface area contributed by atoms with Crippen LogP contribution in [0, 0.1) is 17.1 Å². The number of amides is 1. The Balaban J connectivity index is 2.05. The van der Waals surface area contributed by atoms with Crippen molar-refractivity contribution in [3.8, 4) is 6.07 Å². The van der Waals surface area contributed by atoms with Crippen LogP contribution >= 0.6 is 0 Å². The van der Waals surface area contributed by atoms with Crippen LogP contribution < -0.4 is 5.32 Å². The molecule has 2 aromatic rings. The normalized spacial score (nSPS) is 11.2. The molecular weight excluding hydrogens is 325 g/mol. The molecule has 0 saturated heterocycles. The van der Waals surface area contributed by atoms with E-state index in [1.807, 2.05) is 6.07 Å². The van der Waals surface area contributed by atoms with Crippen molar-refractivity contribution in [2.75, 3.05) is 7.11 Å². The van der Waals surface area contributed by atoms with Gasteiger partial charge in [-0.25, -0.2) is 9.18 Å². The summed E-state index contributed by atoms with van der Waals surface area (Å²) in [6.07, 6.45) is 3.02. The van der Waals surface area contributed by atoms with Gasteiger partial charge in [0.2, 0.25) is 5.91 Å². The Hall–Kier alpha value is -3.27. The standard InChI is InChI=1S/C18H16FN3O3/c1-25-18(24)16(7-12-2-4-15(19)5-3-12)22-17(23)8-13-6-14(9-20)11-21-10-13/h2-6,10-11,16H,7-8H2,1H3,(H,22,23). The molecule has 0 bridgehead atoms. The molecule has 1 unspecified atom stereocenters. The monoisotopic (exact) mass is 341 g/mol. The molecule has 1 heterocycles. The van der Waals surface area contributed by atoms with Crippen molar-refractivity contribution in [1.29, 1.82) is 5.26 Å². The smallest absolute Gasteiger partial charge is 0.328 e.